The van der Waals surface area contributed by atoms with Crippen molar-refractivity contribution in [1.82, 2.24) is 19.7 Å². The second kappa shape index (κ2) is 9.10. The van der Waals surface area contributed by atoms with E-state index in [-0.39, 0.29) is 11.2 Å². The zero-order valence-electron chi connectivity index (χ0n) is 16.4. The minimum Gasteiger partial charge on any atom is -0.497 e. The van der Waals surface area contributed by atoms with Crippen molar-refractivity contribution in [3.8, 4) is 22.7 Å². The van der Waals surface area contributed by atoms with Gasteiger partial charge in [-0.15, -0.1) is 21.5 Å². The number of hydrogen-bond donors (Lipinski definition) is 1. The highest BCUT2D eigenvalue weighted by molar-refractivity contribution is 8.00. The number of rotatable bonds is 7. The molecule has 0 bridgehead atoms. The number of hydrogen-bond acceptors (Lipinski definition) is 7. The quantitative estimate of drug-likeness (QED) is 0.428. The molecule has 2 aromatic carbocycles. The summed E-state index contributed by atoms with van der Waals surface area (Å²) < 4.78 is 7.11. The number of carbonyl (C=O) groups is 1. The van der Waals surface area contributed by atoms with E-state index in [9.17, 15) is 4.79 Å². The Labute approximate surface area is 182 Å². The summed E-state index contributed by atoms with van der Waals surface area (Å²) in [6.07, 6.45) is 1.62. The van der Waals surface area contributed by atoms with Gasteiger partial charge in [0.1, 0.15) is 12.1 Å². The van der Waals surface area contributed by atoms with Crippen molar-refractivity contribution in [3.05, 3.63) is 66.3 Å². The van der Waals surface area contributed by atoms with E-state index in [1.807, 2.05) is 71.5 Å². The molecule has 0 spiro atoms. The maximum atomic E-state index is 12.7. The number of aromatic nitrogens is 4. The fraction of sp³-hybridized carbons (Fsp3) is 0.143. The van der Waals surface area contributed by atoms with E-state index in [4.69, 9.17) is 4.74 Å². The largest absolute Gasteiger partial charge is 0.497 e. The summed E-state index contributed by atoms with van der Waals surface area (Å²) in [7, 11) is 1.62. The molecule has 1 N–H and O–H groups in total. The summed E-state index contributed by atoms with van der Waals surface area (Å²) in [5, 5.41) is 13.8. The van der Waals surface area contributed by atoms with E-state index < -0.39 is 0 Å². The predicted molar refractivity (Wildman–Crippen MR) is 119 cm³/mol. The second-order valence-electron chi connectivity index (χ2n) is 6.34. The molecule has 2 aromatic heterocycles. The standard InChI is InChI=1S/C21H19N5O2S2/c1-14(19(27)24-20-23-18(12-29-20)15-7-4-3-5-8-15)30-21-25-22-13-26(21)16-9-6-10-17(11-16)28-2/h3-14H,1-2H3,(H,23,24,27)/t14-/m0/s1. The van der Waals surface area contributed by atoms with Gasteiger partial charge in [0.15, 0.2) is 10.3 Å². The summed E-state index contributed by atoms with van der Waals surface area (Å²) in [5.74, 6) is 0.593. The number of amides is 1. The minimum atomic E-state index is -0.386. The molecule has 152 valence electrons. The van der Waals surface area contributed by atoms with Crippen LogP contribution in [0.15, 0.2) is 71.5 Å². The van der Waals surface area contributed by atoms with Crippen LogP contribution in [0.2, 0.25) is 0 Å². The third kappa shape index (κ3) is 4.52. The van der Waals surface area contributed by atoms with E-state index in [1.165, 1.54) is 23.1 Å². The lowest BCUT2D eigenvalue weighted by Crippen LogP contribution is -2.22. The summed E-state index contributed by atoms with van der Waals surface area (Å²) in [6, 6.07) is 17.4. The molecule has 0 aliphatic rings. The Bertz CT molecular complexity index is 1140. The normalized spacial score (nSPS) is 11.8. The molecule has 7 nitrogen and oxygen atoms in total. The number of thioether (sulfide) groups is 1. The fourth-order valence-electron chi connectivity index (χ4n) is 2.73. The van der Waals surface area contributed by atoms with E-state index in [0.29, 0.717) is 10.3 Å². The minimum absolute atomic E-state index is 0.144. The summed E-state index contributed by atoms with van der Waals surface area (Å²) in [4.78, 5) is 17.2. The lowest BCUT2D eigenvalue weighted by Gasteiger charge is -2.12. The van der Waals surface area contributed by atoms with Crippen LogP contribution >= 0.6 is 23.1 Å². The molecule has 0 aliphatic carbocycles. The molecule has 0 radical (unpaired) electrons. The van der Waals surface area contributed by atoms with Gasteiger partial charge in [-0.25, -0.2) is 4.98 Å². The van der Waals surface area contributed by atoms with Crippen LogP contribution in [0.3, 0.4) is 0 Å². The fourth-order valence-corrected chi connectivity index (χ4v) is 4.30. The first-order valence-corrected chi connectivity index (χ1v) is 10.9. The van der Waals surface area contributed by atoms with Gasteiger partial charge in [-0.05, 0) is 19.1 Å². The Hall–Kier alpha value is -3.17. The summed E-state index contributed by atoms with van der Waals surface area (Å²) >= 11 is 2.73. The number of nitrogens with zero attached hydrogens (tertiary/aromatic N) is 4. The average Bonchev–Trinajstić information content (AvgIpc) is 3.44. The van der Waals surface area contributed by atoms with Gasteiger partial charge in [0.25, 0.3) is 0 Å². The van der Waals surface area contributed by atoms with Crippen molar-refractivity contribution in [2.45, 2.75) is 17.3 Å². The van der Waals surface area contributed by atoms with Gasteiger partial charge in [-0.2, -0.15) is 0 Å². The molecule has 4 rings (SSSR count). The Balaban J connectivity index is 1.44. The van der Waals surface area contributed by atoms with Crippen LogP contribution in [0.5, 0.6) is 5.75 Å². The van der Waals surface area contributed by atoms with Gasteiger partial charge in [0.05, 0.1) is 23.7 Å². The molecule has 0 unspecified atom stereocenters. The first kappa shape index (κ1) is 20.1. The Morgan fingerprint density at radius 1 is 1.20 bits per heavy atom. The van der Waals surface area contributed by atoms with Gasteiger partial charge < -0.3 is 10.1 Å². The lowest BCUT2D eigenvalue weighted by molar-refractivity contribution is -0.115. The van der Waals surface area contributed by atoms with Crippen LogP contribution in [0.25, 0.3) is 16.9 Å². The van der Waals surface area contributed by atoms with Crippen molar-refractivity contribution < 1.29 is 9.53 Å². The Morgan fingerprint density at radius 3 is 2.83 bits per heavy atom. The smallest absolute Gasteiger partial charge is 0.239 e. The molecule has 1 atom stereocenters. The number of nitrogens with one attached hydrogen (secondary N) is 1. The van der Waals surface area contributed by atoms with Crippen molar-refractivity contribution in [3.63, 3.8) is 0 Å². The molecular weight excluding hydrogens is 418 g/mol. The number of benzene rings is 2. The van der Waals surface area contributed by atoms with Crippen molar-refractivity contribution in [1.29, 1.82) is 0 Å². The number of thiazole rings is 1. The zero-order valence-corrected chi connectivity index (χ0v) is 18.0. The van der Waals surface area contributed by atoms with E-state index in [1.54, 1.807) is 13.4 Å². The molecule has 30 heavy (non-hydrogen) atoms. The molecule has 2 heterocycles. The van der Waals surface area contributed by atoms with Crippen LogP contribution in [0.4, 0.5) is 5.13 Å². The first-order valence-electron chi connectivity index (χ1n) is 9.17. The van der Waals surface area contributed by atoms with Crippen LogP contribution in [-0.2, 0) is 4.79 Å². The van der Waals surface area contributed by atoms with Gasteiger partial charge in [0, 0.05) is 17.0 Å². The molecule has 0 saturated heterocycles. The third-order valence-electron chi connectivity index (χ3n) is 4.30. The SMILES string of the molecule is COc1cccc(-n2cnnc2S[C@@H](C)C(=O)Nc2nc(-c3ccccc3)cs2)c1. The van der Waals surface area contributed by atoms with E-state index >= 15 is 0 Å². The summed E-state index contributed by atoms with van der Waals surface area (Å²) in [6.45, 7) is 1.83. The van der Waals surface area contributed by atoms with Gasteiger partial charge in [-0.1, -0.05) is 48.2 Å². The zero-order chi connectivity index (χ0) is 20.9. The topological polar surface area (TPSA) is 81.9 Å². The highest BCUT2D eigenvalue weighted by Gasteiger charge is 2.20. The third-order valence-corrected chi connectivity index (χ3v) is 6.12. The van der Waals surface area contributed by atoms with Crippen molar-refractivity contribution in [2.24, 2.45) is 0 Å². The number of anilines is 1. The van der Waals surface area contributed by atoms with Crippen molar-refractivity contribution >= 4 is 34.1 Å². The molecule has 0 fully saturated rings. The van der Waals surface area contributed by atoms with E-state index in [0.717, 1.165) is 22.7 Å². The molecule has 4 aromatic rings. The molecule has 0 saturated carbocycles. The molecule has 0 aliphatic heterocycles. The molecule has 9 heteroatoms. The van der Waals surface area contributed by atoms with E-state index in [2.05, 4.69) is 20.5 Å². The second-order valence-corrected chi connectivity index (χ2v) is 8.50. The predicted octanol–water partition coefficient (Wildman–Crippen LogP) is 4.52. The first-order chi connectivity index (χ1) is 14.6. The van der Waals surface area contributed by atoms with Crippen LogP contribution in [0, 0.1) is 0 Å². The number of methoxy groups -OCH3 is 1. The van der Waals surface area contributed by atoms with Gasteiger partial charge >= 0.3 is 0 Å². The summed E-state index contributed by atoms with van der Waals surface area (Å²) in [5.41, 5.74) is 2.72. The van der Waals surface area contributed by atoms with Crippen molar-refractivity contribution in [2.75, 3.05) is 12.4 Å². The van der Waals surface area contributed by atoms with Crippen LogP contribution in [-0.4, -0.2) is 38.0 Å². The van der Waals surface area contributed by atoms with Crippen LogP contribution in [0.1, 0.15) is 6.92 Å². The number of carbonyl (C=O) groups excluding carboxylic acids is 1. The molecule has 1 amide bonds. The lowest BCUT2D eigenvalue weighted by atomic mass is 10.2. The number of ether oxygens (including phenoxy) is 1. The maximum Gasteiger partial charge on any atom is 0.239 e. The van der Waals surface area contributed by atoms with Crippen LogP contribution < -0.4 is 10.1 Å². The molecular formula is C21H19N5O2S2. The van der Waals surface area contributed by atoms with Gasteiger partial charge in [0.2, 0.25) is 5.91 Å². The Morgan fingerprint density at radius 2 is 2.03 bits per heavy atom. The highest BCUT2D eigenvalue weighted by Crippen LogP contribution is 2.28. The monoisotopic (exact) mass is 437 g/mol. The van der Waals surface area contributed by atoms with Gasteiger partial charge in [-0.3, -0.25) is 9.36 Å². The Kier molecular flexibility index (Phi) is 6.10. The maximum absolute atomic E-state index is 12.7. The average molecular weight is 438 g/mol. The highest BCUT2D eigenvalue weighted by atomic mass is 32.2.